The first-order valence-electron chi connectivity index (χ1n) is 7.44. The number of hydrogen-bond donors (Lipinski definition) is 1. The van der Waals surface area contributed by atoms with E-state index in [1.165, 1.54) is 25.3 Å². The van der Waals surface area contributed by atoms with Crippen LogP contribution in [0.15, 0.2) is 22.7 Å². The minimum atomic E-state index is -0.220. The zero-order valence-electron chi connectivity index (χ0n) is 12.3. The summed E-state index contributed by atoms with van der Waals surface area (Å²) in [5, 5.41) is 0. The molecule has 1 fully saturated rings. The van der Waals surface area contributed by atoms with Gasteiger partial charge in [-0.1, -0.05) is 19.9 Å². The maximum atomic E-state index is 13.4. The van der Waals surface area contributed by atoms with Crippen LogP contribution in [0.1, 0.15) is 44.7 Å². The quantitative estimate of drug-likeness (QED) is 0.872. The van der Waals surface area contributed by atoms with E-state index in [1.807, 2.05) is 12.1 Å². The van der Waals surface area contributed by atoms with Gasteiger partial charge in [0.25, 0.3) is 0 Å². The zero-order valence-corrected chi connectivity index (χ0v) is 13.9. The van der Waals surface area contributed by atoms with Crippen LogP contribution in [0.4, 0.5) is 4.39 Å². The SMILES string of the molecule is CCC1(CC)CCN(C(CN)c2ccc(F)c(Br)c2)C1. The zero-order chi connectivity index (χ0) is 14.8. The van der Waals surface area contributed by atoms with Gasteiger partial charge in [-0.05, 0) is 64.8 Å². The molecule has 1 aliphatic heterocycles. The van der Waals surface area contributed by atoms with Gasteiger partial charge in [0.05, 0.1) is 4.47 Å². The predicted octanol–water partition coefficient (Wildman–Crippen LogP) is 4.10. The Morgan fingerprint density at radius 1 is 1.40 bits per heavy atom. The van der Waals surface area contributed by atoms with Gasteiger partial charge in [-0.25, -0.2) is 4.39 Å². The van der Waals surface area contributed by atoms with Crippen LogP contribution in [-0.4, -0.2) is 24.5 Å². The third-order valence-electron chi connectivity index (χ3n) is 4.96. The van der Waals surface area contributed by atoms with Crippen LogP contribution in [0.25, 0.3) is 0 Å². The fourth-order valence-corrected chi connectivity index (χ4v) is 3.68. The molecular weight excluding hydrogens is 319 g/mol. The molecule has 1 heterocycles. The molecule has 0 bridgehead atoms. The first-order chi connectivity index (χ1) is 9.55. The number of hydrogen-bond acceptors (Lipinski definition) is 2. The van der Waals surface area contributed by atoms with Crippen LogP contribution in [-0.2, 0) is 0 Å². The molecule has 2 rings (SSSR count). The largest absolute Gasteiger partial charge is 0.329 e. The van der Waals surface area contributed by atoms with E-state index in [1.54, 1.807) is 0 Å². The van der Waals surface area contributed by atoms with Crippen LogP contribution in [0.3, 0.4) is 0 Å². The highest BCUT2D eigenvalue weighted by atomic mass is 79.9. The molecule has 0 radical (unpaired) electrons. The molecule has 0 aromatic heterocycles. The molecule has 1 atom stereocenters. The second kappa shape index (κ2) is 6.54. The van der Waals surface area contributed by atoms with Crippen molar-refractivity contribution < 1.29 is 4.39 Å². The minimum Gasteiger partial charge on any atom is -0.329 e. The van der Waals surface area contributed by atoms with Crippen LogP contribution < -0.4 is 5.73 Å². The Balaban J connectivity index is 2.19. The summed E-state index contributed by atoms with van der Waals surface area (Å²) in [6, 6.07) is 5.43. The minimum absolute atomic E-state index is 0.187. The van der Waals surface area contributed by atoms with Crippen molar-refractivity contribution in [2.45, 2.75) is 39.2 Å². The summed E-state index contributed by atoms with van der Waals surface area (Å²) < 4.78 is 13.9. The van der Waals surface area contributed by atoms with Crippen molar-refractivity contribution >= 4 is 15.9 Å². The summed E-state index contributed by atoms with van der Waals surface area (Å²) >= 11 is 3.27. The van der Waals surface area contributed by atoms with Crippen LogP contribution in [0, 0.1) is 11.2 Å². The van der Waals surface area contributed by atoms with E-state index in [0.717, 1.165) is 18.7 Å². The van der Waals surface area contributed by atoms with E-state index >= 15 is 0 Å². The summed E-state index contributed by atoms with van der Waals surface area (Å²) in [5.41, 5.74) is 7.53. The van der Waals surface area contributed by atoms with Crippen LogP contribution in [0.5, 0.6) is 0 Å². The molecule has 1 aromatic rings. The van der Waals surface area contributed by atoms with Gasteiger partial charge in [0.2, 0.25) is 0 Å². The lowest BCUT2D eigenvalue weighted by molar-refractivity contribution is 0.197. The Morgan fingerprint density at radius 2 is 2.10 bits per heavy atom. The van der Waals surface area contributed by atoms with E-state index < -0.39 is 0 Å². The fourth-order valence-electron chi connectivity index (χ4n) is 3.28. The van der Waals surface area contributed by atoms with Crippen molar-refractivity contribution in [2.75, 3.05) is 19.6 Å². The van der Waals surface area contributed by atoms with Crippen molar-refractivity contribution in [1.82, 2.24) is 4.90 Å². The summed E-state index contributed by atoms with van der Waals surface area (Å²) in [7, 11) is 0. The molecule has 1 saturated heterocycles. The molecule has 4 heteroatoms. The van der Waals surface area contributed by atoms with Crippen molar-refractivity contribution in [3.8, 4) is 0 Å². The van der Waals surface area contributed by atoms with E-state index in [4.69, 9.17) is 5.73 Å². The molecule has 20 heavy (non-hydrogen) atoms. The van der Waals surface area contributed by atoms with E-state index in [9.17, 15) is 4.39 Å². The molecule has 0 amide bonds. The Bertz CT molecular complexity index is 460. The highest BCUT2D eigenvalue weighted by molar-refractivity contribution is 9.10. The number of nitrogens with two attached hydrogens (primary N) is 1. The number of likely N-dealkylation sites (tertiary alicyclic amines) is 1. The third kappa shape index (κ3) is 3.07. The van der Waals surface area contributed by atoms with Crippen molar-refractivity contribution in [2.24, 2.45) is 11.1 Å². The summed E-state index contributed by atoms with van der Waals surface area (Å²) in [6.07, 6.45) is 3.66. The molecule has 1 aliphatic rings. The number of rotatable bonds is 5. The van der Waals surface area contributed by atoms with Crippen LogP contribution >= 0.6 is 15.9 Å². The lowest BCUT2D eigenvalue weighted by Gasteiger charge is -2.31. The van der Waals surface area contributed by atoms with Gasteiger partial charge >= 0.3 is 0 Å². The van der Waals surface area contributed by atoms with E-state index in [2.05, 4.69) is 34.7 Å². The summed E-state index contributed by atoms with van der Waals surface area (Å²) in [4.78, 5) is 2.46. The smallest absolute Gasteiger partial charge is 0.137 e. The molecule has 1 unspecified atom stereocenters. The topological polar surface area (TPSA) is 29.3 Å². The normalized spacial score (nSPS) is 20.2. The van der Waals surface area contributed by atoms with Crippen LogP contribution in [0.2, 0.25) is 0 Å². The van der Waals surface area contributed by atoms with Crippen molar-refractivity contribution in [1.29, 1.82) is 0 Å². The highest BCUT2D eigenvalue weighted by Gasteiger charge is 2.37. The van der Waals surface area contributed by atoms with E-state index in [-0.39, 0.29) is 11.9 Å². The highest BCUT2D eigenvalue weighted by Crippen LogP contribution is 2.40. The lowest BCUT2D eigenvalue weighted by atomic mass is 9.82. The number of nitrogens with zero attached hydrogens (tertiary/aromatic N) is 1. The Hall–Kier alpha value is -0.450. The Kier molecular flexibility index (Phi) is 5.21. The molecule has 2 nitrogen and oxygen atoms in total. The number of benzene rings is 1. The van der Waals surface area contributed by atoms with E-state index in [0.29, 0.717) is 16.4 Å². The van der Waals surface area contributed by atoms with Crippen molar-refractivity contribution in [3.63, 3.8) is 0 Å². The van der Waals surface area contributed by atoms with Gasteiger partial charge in [0, 0.05) is 19.1 Å². The molecule has 2 N–H and O–H groups in total. The first-order valence-corrected chi connectivity index (χ1v) is 8.23. The monoisotopic (exact) mass is 342 g/mol. The van der Waals surface area contributed by atoms with Gasteiger partial charge in [-0.15, -0.1) is 0 Å². The second-order valence-electron chi connectivity index (χ2n) is 5.85. The predicted molar refractivity (Wildman–Crippen MR) is 85.1 cm³/mol. The molecule has 0 saturated carbocycles. The second-order valence-corrected chi connectivity index (χ2v) is 6.71. The van der Waals surface area contributed by atoms with Gasteiger partial charge < -0.3 is 5.73 Å². The average Bonchev–Trinajstić information content (AvgIpc) is 2.88. The molecule has 1 aromatic carbocycles. The number of halogens is 2. The third-order valence-corrected chi connectivity index (χ3v) is 5.57. The molecular formula is C16H24BrFN2. The Morgan fingerprint density at radius 3 is 2.60 bits per heavy atom. The van der Waals surface area contributed by atoms with Gasteiger partial charge in [0.15, 0.2) is 0 Å². The van der Waals surface area contributed by atoms with Gasteiger partial charge in [-0.3, -0.25) is 4.90 Å². The lowest BCUT2D eigenvalue weighted by Crippen LogP contribution is -2.34. The molecule has 112 valence electrons. The first kappa shape index (κ1) is 15.9. The molecule has 0 spiro atoms. The summed E-state index contributed by atoms with van der Waals surface area (Å²) in [5.74, 6) is -0.220. The average molecular weight is 343 g/mol. The maximum Gasteiger partial charge on any atom is 0.137 e. The van der Waals surface area contributed by atoms with Gasteiger partial charge in [0.1, 0.15) is 5.82 Å². The van der Waals surface area contributed by atoms with Gasteiger partial charge in [-0.2, -0.15) is 0 Å². The van der Waals surface area contributed by atoms with Crippen molar-refractivity contribution in [3.05, 3.63) is 34.1 Å². The Labute approximate surface area is 129 Å². The summed E-state index contributed by atoms with van der Waals surface area (Å²) in [6.45, 7) is 7.30. The maximum absolute atomic E-state index is 13.4. The molecule has 0 aliphatic carbocycles. The fraction of sp³-hybridized carbons (Fsp3) is 0.625. The standard InChI is InChI=1S/C16H24BrFN2/c1-3-16(4-2)7-8-20(11-16)15(10-19)12-5-6-14(18)13(17)9-12/h5-6,9,15H,3-4,7-8,10-11,19H2,1-2H3.